The Labute approximate surface area is 202 Å². The third-order valence-electron chi connectivity index (χ3n) is 4.20. The van der Waals surface area contributed by atoms with Crippen molar-refractivity contribution < 1.29 is 9.53 Å². The molecule has 0 aliphatic carbocycles. The van der Waals surface area contributed by atoms with Gasteiger partial charge in [0.1, 0.15) is 12.4 Å². The van der Waals surface area contributed by atoms with Crippen LogP contribution in [0.5, 0.6) is 5.75 Å². The molecule has 0 fully saturated rings. The van der Waals surface area contributed by atoms with E-state index in [1.807, 2.05) is 48.5 Å². The van der Waals surface area contributed by atoms with Crippen molar-refractivity contribution in [2.75, 3.05) is 5.75 Å². The van der Waals surface area contributed by atoms with Gasteiger partial charge in [0.05, 0.1) is 22.2 Å². The highest BCUT2D eigenvalue weighted by Crippen LogP contribution is 2.29. The zero-order valence-corrected chi connectivity index (χ0v) is 20.1. The van der Waals surface area contributed by atoms with Gasteiger partial charge in [0, 0.05) is 3.57 Å². The number of rotatable bonds is 8. The fourth-order valence-electron chi connectivity index (χ4n) is 2.65. The first-order valence-electron chi connectivity index (χ1n) is 9.43. The fraction of sp³-hybridized carbons (Fsp3) is 0.0870. The predicted octanol–water partition coefficient (Wildman–Crippen LogP) is 5.72. The average Bonchev–Trinajstić information content (AvgIpc) is 3.21. The molecule has 0 aliphatic heterocycles. The number of aromatic nitrogens is 1. The standard InChI is InChI=1S/C23H18IN3O2S2/c24-18-9-5-17(6-10-18)14-29-19-11-7-16(8-12-19)13-25-27-22(28)15-30-23-26-20-3-1-2-4-21(20)31-23/h1-13H,14-15H2,(H,27,28)/b25-13+. The predicted molar refractivity (Wildman–Crippen MR) is 136 cm³/mol. The van der Waals surface area contributed by atoms with Crippen molar-refractivity contribution in [3.8, 4) is 5.75 Å². The quantitative estimate of drug-likeness (QED) is 0.130. The first-order chi connectivity index (χ1) is 15.2. The number of ether oxygens (including phenoxy) is 1. The second-order valence-corrected chi connectivity index (χ2v) is 10.0. The Morgan fingerprint density at radius 1 is 1.10 bits per heavy atom. The lowest BCUT2D eigenvalue weighted by atomic mass is 10.2. The van der Waals surface area contributed by atoms with E-state index in [9.17, 15) is 4.79 Å². The normalized spacial score (nSPS) is 11.1. The monoisotopic (exact) mass is 559 g/mol. The van der Waals surface area contributed by atoms with Crippen LogP contribution in [0.2, 0.25) is 0 Å². The maximum atomic E-state index is 12.0. The minimum atomic E-state index is -0.169. The van der Waals surface area contributed by atoms with E-state index in [1.54, 1.807) is 17.6 Å². The number of amides is 1. The Morgan fingerprint density at radius 3 is 2.65 bits per heavy atom. The van der Waals surface area contributed by atoms with Crippen LogP contribution in [0, 0.1) is 3.57 Å². The van der Waals surface area contributed by atoms with Gasteiger partial charge in [-0.15, -0.1) is 11.3 Å². The summed E-state index contributed by atoms with van der Waals surface area (Å²) < 4.78 is 9.00. The Balaban J connectivity index is 1.21. The van der Waals surface area contributed by atoms with Crippen LogP contribution in [0.4, 0.5) is 0 Å². The molecule has 156 valence electrons. The summed E-state index contributed by atoms with van der Waals surface area (Å²) in [6.45, 7) is 0.521. The summed E-state index contributed by atoms with van der Waals surface area (Å²) in [4.78, 5) is 16.5. The van der Waals surface area contributed by atoms with E-state index in [0.717, 1.165) is 31.4 Å². The van der Waals surface area contributed by atoms with E-state index in [1.165, 1.54) is 15.3 Å². The number of nitrogens with one attached hydrogen (secondary N) is 1. The van der Waals surface area contributed by atoms with Crippen LogP contribution in [0.25, 0.3) is 10.2 Å². The molecule has 0 unspecified atom stereocenters. The van der Waals surface area contributed by atoms with E-state index >= 15 is 0 Å². The third-order valence-corrected chi connectivity index (χ3v) is 7.10. The number of hydrogen-bond donors (Lipinski definition) is 1. The van der Waals surface area contributed by atoms with Crippen LogP contribution < -0.4 is 10.2 Å². The number of hydrogen-bond acceptors (Lipinski definition) is 6. The number of thioether (sulfide) groups is 1. The lowest BCUT2D eigenvalue weighted by Gasteiger charge is -2.06. The number of carbonyl (C=O) groups excluding carboxylic acids is 1. The van der Waals surface area contributed by atoms with Crippen molar-refractivity contribution in [1.29, 1.82) is 0 Å². The van der Waals surface area contributed by atoms with E-state index in [2.05, 4.69) is 62.4 Å². The number of thiazole rings is 1. The second kappa shape index (κ2) is 10.7. The lowest BCUT2D eigenvalue weighted by Crippen LogP contribution is -2.19. The highest BCUT2D eigenvalue weighted by molar-refractivity contribution is 14.1. The molecule has 4 rings (SSSR count). The number of para-hydroxylation sites is 1. The molecule has 1 amide bonds. The highest BCUT2D eigenvalue weighted by atomic mass is 127. The van der Waals surface area contributed by atoms with Crippen molar-refractivity contribution in [2.24, 2.45) is 5.10 Å². The van der Waals surface area contributed by atoms with Crippen LogP contribution >= 0.6 is 45.7 Å². The van der Waals surface area contributed by atoms with Crippen molar-refractivity contribution in [2.45, 2.75) is 10.9 Å². The van der Waals surface area contributed by atoms with E-state index in [0.29, 0.717) is 6.61 Å². The molecular formula is C23H18IN3O2S2. The smallest absolute Gasteiger partial charge is 0.250 e. The molecule has 0 spiro atoms. The Hall–Kier alpha value is -2.43. The van der Waals surface area contributed by atoms with Gasteiger partial charge in [-0.25, -0.2) is 10.4 Å². The zero-order chi connectivity index (χ0) is 21.5. The van der Waals surface area contributed by atoms with Crippen molar-refractivity contribution in [3.63, 3.8) is 0 Å². The van der Waals surface area contributed by atoms with Crippen LogP contribution in [0.3, 0.4) is 0 Å². The Bertz CT molecular complexity index is 1160. The summed E-state index contributed by atoms with van der Waals surface area (Å²) >= 11 is 5.28. The molecule has 1 aromatic heterocycles. The maximum absolute atomic E-state index is 12.0. The number of hydrazone groups is 1. The molecule has 1 N–H and O–H groups in total. The van der Waals surface area contributed by atoms with Gasteiger partial charge < -0.3 is 4.74 Å². The topological polar surface area (TPSA) is 63.6 Å². The lowest BCUT2D eigenvalue weighted by molar-refractivity contribution is -0.118. The molecule has 3 aromatic carbocycles. The van der Waals surface area contributed by atoms with Crippen LogP contribution in [-0.2, 0) is 11.4 Å². The third kappa shape index (κ3) is 6.52. The number of halogens is 1. The molecule has 0 bridgehead atoms. The molecule has 0 radical (unpaired) electrons. The molecule has 4 aromatic rings. The van der Waals surface area contributed by atoms with Crippen LogP contribution in [0.1, 0.15) is 11.1 Å². The van der Waals surface area contributed by atoms with Gasteiger partial charge in [0.15, 0.2) is 4.34 Å². The molecule has 0 saturated heterocycles. The second-order valence-electron chi connectivity index (χ2n) is 6.51. The molecular weight excluding hydrogens is 541 g/mol. The van der Waals surface area contributed by atoms with E-state index in [4.69, 9.17) is 4.74 Å². The van der Waals surface area contributed by atoms with Gasteiger partial charge in [-0.1, -0.05) is 36.0 Å². The maximum Gasteiger partial charge on any atom is 0.250 e. The zero-order valence-electron chi connectivity index (χ0n) is 16.3. The molecule has 1 heterocycles. The first-order valence-corrected chi connectivity index (χ1v) is 12.3. The highest BCUT2D eigenvalue weighted by Gasteiger charge is 2.07. The SMILES string of the molecule is O=C(CSc1nc2ccccc2s1)N/N=C/c1ccc(OCc2ccc(I)cc2)cc1. The summed E-state index contributed by atoms with van der Waals surface area (Å²) in [6, 6.07) is 23.7. The first kappa shape index (κ1) is 21.8. The minimum Gasteiger partial charge on any atom is -0.489 e. The van der Waals surface area contributed by atoms with E-state index < -0.39 is 0 Å². The Kier molecular flexibility index (Phi) is 7.55. The molecule has 31 heavy (non-hydrogen) atoms. The van der Waals surface area contributed by atoms with E-state index in [-0.39, 0.29) is 11.7 Å². The summed E-state index contributed by atoms with van der Waals surface area (Å²) in [5, 5.41) is 4.03. The van der Waals surface area contributed by atoms with Gasteiger partial charge >= 0.3 is 0 Å². The van der Waals surface area contributed by atoms with Crippen molar-refractivity contribution in [3.05, 3.63) is 87.5 Å². The fourth-order valence-corrected chi connectivity index (χ4v) is 4.87. The van der Waals surface area contributed by atoms with Gasteiger partial charge in [-0.05, 0) is 82.2 Å². The number of fused-ring (bicyclic) bond motifs is 1. The summed E-state index contributed by atoms with van der Waals surface area (Å²) in [6.07, 6.45) is 1.61. The summed E-state index contributed by atoms with van der Waals surface area (Å²) in [7, 11) is 0. The molecule has 8 heteroatoms. The van der Waals surface area contributed by atoms with Crippen molar-refractivity contribution >= 4 is 68.0 Å². The molecule has 0 saturated carbocycles. The van der Waals surface area contributed by atoms with Gasteiger partial charge in [-0.3, -0.25) is 4.79 Å². The Morgan fingerprint density at radius 2 is 1.87 bits per heavy atom. The van der Waals surface area contributed by atoms with Crippen LogP contribution in [0.15, 0.2) is 82.2 Å². The van der Waals surface area contributed by atoms with Gasteiger partial charge in [0.25, 0.3) is 5.91 Å². The molecule has 5 nitrogen and oxygen atoms in total. The van der Waals surface area contributed by atoms with Gasteiger partial charge in [0.2, 0.25) is 0 Å². The van der Waals surface area contributed by atoms with Crippen molar-refractivity contribution in [1.82, 2.24) is 10.4 Å². The summed E-state index contributed by atoms with van der Waals surface area (Å²) in [5.41, 5.74) is 5.51. The number of benzene rings is 3. The van der Waals surface area contributed by atoms with Gasteiger partial charge in [-0.2, -0.15) is 5.10 Å². The summed E-state index contributed by atoms with van der Waals surface area (Å²) in [5.74, 6) is 0.882. The molecule has 0 aliphatic rings. The number of carbonyl (C=O) groups is 1. The minimum absolute atomic E-state index is 0.169. The average molecular weight is 559 g/mol. The molecule has 0 atom stereocenters. The number of nitrogens with zero attached hydrogens (tertiary/aromatic N) is 2. The largest absolute Gasteiger partial charge is 0.489 e. The van der Waals surface area contributed by atoms with Crippen LogP contribution in [-0.4, -0.2) is 22.9 Å².